The number of fused-ring (bicyclic) bond motifs is 2. The maximum Gasteiger partial charge on any atom is 0.328 e. The normalized spacial score (nSPS) is 13.1. The summed E-state index contributed by atoms with van der Waals surface area (Å²) in [5.74, 6) is -1.03. The van der Waals surface area contributed by atoms with E-state index in [-0.39, 0.29) is 11.5 Å². The van der Waals surface area contributed by atoms with Crippen molar-refractivity contribution in [2.45, 2.75) is 26.8 Å². The summed E-state index contributed by atoms with van der Waals surface area (Å²) in [4.78, 5) is 16.0. The van der Waals surface area contributed by atoms with E-state index in [1.165, 1.54) is 6.21 Å². The van der Waals surface area contributed by atoms with Gasteiger partial charge in [0.15, 0.2) is 6.04 Å². The summed E-state index contributed by atoms with van der Waals surface area (Å²) >= 11 is 0. The van der Waals surface area contributed by atoms with Crippen molar-refractivity contribution >= 4 is 33.7 Å². The molecule has 0 aliphatic heterocycles. The summed E-state index contributed by atoms with van der Waals surface area (Å²) in [5, 5.41) is 35.1. The molecule has 5 heteroatoms. The molecular formula is C27H25NO4. The fraction of sp³-hybridized carbons (Fsp3) is 0.185. The Labute approximate surface area is 186 Å². The van der Waals surface area contributed by atoms with Gasteiger partial charge < -0.3 is 15.3 Å². The highest BCUT2D eigenvalue weighted by Gasteiger charge is 2.30. The van der Waals surface area contributed by atoms with Crippen LogP contribution < -0.4 is 0 Å². The van der Waals surface area contributed by atoms with Crippen molar-refractivity contribution in [2.75, 3.05) is 0 Å². The number of rotatable bonds is 4. The number of aromatic hydroxyl groups is 2. The number of carbonyl (C=O) groups is 1. The molecule has 1 atom stereocenters. The van der Waals surface area contributed by atoms with Gasteiger partial charge in [0.05, 0.1) is 0 Å². The molecule has 162 valence electrons. The lowest BCUT2D eigenvalue weighted by Crippen LogP contribution is -2.32. The fourth-order valence-corrected chi connectivity index (χ4v) is 4.05. The Morgan fingerprint density at radius 1 is 0.875 bits per heavy atom. The Bertz CT molecular complexity index is 1370. The van der Waals surface area contributed by atoms with Crippen LogP contribution in [0.4, 0.5) is 0 Å². The highest BCUT2D eigenvalue weighted by molar-refractivity contribution is 6.12. The summed E-state index contributed by atoms with van der Waals surface area (Å²) in [7, 11) is 0. The van der Waals surface area contributed by atoms with Gasteiger partial charge in [0.1, 0.15) is 11.5 Å². The summed E-state index contributed by atoms with van der Waals surface area (Å²) in [6.07, 6.45) is 1.41. The first-order chi connectivity index (χ1) is 15.2. The van der Waals surface area contributed by atoms with Gasteiger partial charge in [-0.1, -0.05) is 75.4 Å². The van der Waals surface area contributed by atoms with Crippen LogP contribution in [-0.4, -0.2) is 33.5 Å². The van der Waals surface area contributed by atoms with E-state index in [1.54, 1.807) is 12.1 Å². The first-order valence-electron chi connectivity index (χ1n) is 10.4. The first kappa shape index (κ1) is 21.4. The largest absolute Gasteiger partial charge is 0.507 e. The smallest absolute Gasteiger partial charge is 0.328 e. The highest BCUT2D eigenvalue weighted by atomic mass is 16.4. The monoisotopic (exact) mass is 427 g/mol. The maximum atomic E-state index is 11.7. The van der Waals surface area contributed by atoms with E-state index in [0.29, 0.717) is 16.7 Å². The Kier molecular flexibility index (Phi) is 5.35. The molecule has 4 aromatic rings. The molecule has 32 heavy (non-hydrogen) atoms. The van der Waals surface area contributed by atoms with Crippen molar-refractivity contribution in [3.05, 3.63) is 72.3 Å². The van der Waals surface area contributed by atoms with E-state index in [0.717, 1.165) is 21.5 Å². The van der Waals surface area contributed by atoms with Crippen molar-refractivity contribution in [1.82, 2.24) is 0 Å². The van der Waals surface area contributed by atoms with Crippen LogP contribution >= 0.6 is 0 Å². The van der Waals surface area contributed by atoms with Crippen LogP contribution in [0, 0.1) is 5.41 Å². The summed E-state index contributed by atoms with van der Waals surface area (Å²) in [6.45, 7) is 5.43. The van der Waals surface area contributed by atoms with Crippen molar-refractivity contribution in [2.24, 2.45) is 10.4 Å². The van der Waals surface area contributed by atoms with Crippen LogP contribution in [0.15, 0.2) is 71.7 Å². The lowest BCUT2D eigenvalue weighted by Gasteiger charge is -2.23. The van der Waals surface area contributed by atoms with Crippen molar-refractivity contribution < 1.29 is 20.1 Å². The number of carboxylic acid groups (broad SMARTS) is 1. The van der Waals surface area contributed by atoms with Gasteiger partial charge in [-0.15, -0.1) is 0 Å². The highest BCUT2D eigenvalue weighted by Crippen LogP contribution is 2.45. The lowest BCUT2D eigenvalue weighted by molar-refractivity contribution is -0.140. The van der Waals surface area contributed by atoms with E-state index in [1.807, 2.05) is 75.4 Å². The van der Waals surface area contributed by atoms with Gasteiger partial charge in [0, 0.05) is 22.9 Å². The van der Waals surface area contributed by atoms with E-state index < -0.39 is 17.4 Å². The third kappa shape index (κ3) is 3.78. The number of carboxylic acids is 1. The number of hydrogen-bond acceptors (Lipinski definition) is 4. The third-order valence-electron chi connectivity index (χ3n) is 5.63. The van der Waals surface area contributed by atoms with Gasteiger partial charge in [0.2, 0.25) is 0 Å². The minimum Gasteiger partial charge on any atom is -0.507 e. The van der Waals surface area contributed by atoms with Crippen molar-refractivity contribution in [1.29, 1.82) is 0 Å². The number of phenols is 2. The quantitative estimate of drug-likeness (QED) is 0.349. The molecule has 0 spiro atoms. The Morgan fingerprint density at radius 2 is 1.47 bits per heavy atom. The molecule has 0 radical (unpaired) electrons. The van der Waals surface area contributed by atoms with E-state index in [9.17, 15) is 20.1 Å². The van der Waals surface area contributed by atoms with Crippen LogP contribution in [0.5, 0.6) is 11.5 Å². The second kappa shape index (κ2) is 8.00. The molecule has 0 aliphatic rings. The van der Waals surface area contributed by atoms with Crippen LogP contribution in [0.2, 0.25) is 0 Å². The van der Waals surface area contributed by atoms with E-state index in [2.05, 4.69) is 4.99 Å². The van der Waals surface area contributed by atoms with Crippen LogP contribution in [0.25, 0.3) is 32.7 Å². The number of hydrogen-bond donors (Lipinski definition) is 3. The van der Waals surface area contributed by atoms with Gasteiger partial charge in [0.25, 0.3) is 0 Å². The van der Waals surface area contributed by atoms with Crippen LogP contribution in [0.1, 0.15) is 26.3 Å². The molecule has 0 fully saturated rings. The molecule has 4 rings (SSSR count). The minimum atomic E-state index is -1.03. The molecule has 0 aliphatic carbocycles. The van der Waals surface area contributed by atoms with Gasteiger partial charge in [-0.05, 0) is 39.1 Å². The van der Waals surface area contributed by atoms with E-state index in [4.69, 9.17) is 0 Å². The van der Waals surface area contributed by atoms with Gasteiger partial charge in [-0.2, -0.15) is 0 Å². The second-order valence-corrected chi connectivity index (χ2v) is 8.98. The van der Waals surface area contributed by atoms with E-state index >= 15 is 0 Å². The Morgan fingerprint density at radius 3 is 2.09 bits per heavy atom. The number of nitrogens with zero attached hydrogens (tertiary/aromatic N) is 1. The maximum absolute atomic E-state index is 11.7. The summed E-state index contributed by atoms with van der Waals surface area (Å²) < 4.78 is 0. The second-order valence-electron chi connectivity index (χ2n) is 8.98. The molecular weight excluding hydrogens is 402 g/mol. The zero-order valence-electron chi connectivity index (χ0n) is 18.2. The van der Waals surface area contributed by atoms with Crippen molar-refractivity contribution in [3.63, 3.8) is 0 Å². The van der Waals surface area contributed by atoms with Gasteiger partial charge >= 0.3 is 5.97 Å². The van der Waals surface area contributed by atoms with Crippen LogP contribution in [0.3, 0.4) is 0 Å². The average Bonchev–Trinajstić information content (AvgIpc) is 2.74. The molecule has 0 unspecified atom stereocenters. The Balaban J connectivity index is 2.02. The zero-order chi connectivity index (χ0) is 23.0. The molecule has 5 nitrogen and oxygen atoms in total. The Hall–Kier alpha value is -3.86. The fourth-order valence-electron chi connectivity index (χ4n) is 4.05. The predicted molar refractivity (Wildman–Crippen MR) is 129 cm³/mol. The standard InChI is InChI=1S/C27H25NO4/c1-27(2,3)25(26(31)32)28-15-18-14-17-9-5-7-11-20(17)23(24(18)30)22-19-10-6-4-8-16(19)12-13-21(22)29/h4-15,25,29-30H,1-3H3,(H,31,32)/t25-/m0/s1. The number of aliphatic carboxylic acids is 1. The minimum absolute atomic E-state index is 0.0522. The molecule has 0 amide bonds. The molecule has 0 saturated heterocycles. The SMILES string of the molecule is CC(C)(C)[C@@H](N=Cc1cc2ccccc2c(-c2c(O)ccc3ccccc23)c1O)C(=O)O. The molecule has 0 heterocycles. The summed E-state index contributed by atoms with van der Waals surface area (Å²) in [5.41, 5.74) is 0.812. The zero-order valence-corrected chi connectivity index (χ0v) is 18.2. The third-order valence-corrected chi connectivity index (χ3v) is 5.63. The molecule has 3 N–H and O–H groups in total. The predicted octanol–water partition coefficient (Wildman–Crippen LogP) is 5.99. The topological polar surface area (TPSA) is 90.1 Å². The first-order valence-corrected chi connectivity index (χ1v) is 10.4. The number of aliphatic imine (C=N–C) groups is 1. The van der Waals surface area contributed by atoms with Crippen LogP contribution in [-0.2, 0) is 4.79 Å². The number of phenolic OH excluding ortho intramolecular Hbond substituents is 2. The summed E-state index contributed by atoms with van der Waals surface area (Å²) in [6, 6.07) is 19.5. The van der Waals surface area contributed by atoms with Gasteiger partial charge in [-0.25, -0.2) is 4.79 Å². The molecule has 0 aromatic heterocycles. The molecule has 0 saturated carbocycles. The lowest BCUT2D eigenvalue weighted by atomic mass is 9.87. The molecule has 0 bridgehead atoms. The molecule has 4 aromatic carbocycles. The van der Waals surface area contributed by atoms with Crippen molar-refractivity contribution in [3.8, 4) is 22.6 Å². The van der Waals surface area contributed by atoms with Gasteiger partial charge in [-0.3, -0.25) is 4.99 Å². The average molecular weight is 428 g/mol. The number of benzene rings is 4.